The molecule has 1 amide bonds. The summed E-state index contributed by atoms with van der Waals surface area (Å²) in [6, 6.07) is 10.4. The van der Waals surface area contributed by atoms with E-state index < -0.39 is 10.0 Å². The molecular weight excluding hydrogens is 371 g/mol. The van der Waals surface area contributed by atoms with Crippen LogP contribution in [-0.4, -0.2) is 40.4 Å². The number of halogens is 2. The van der Waals surface area contributed by atoms with Gasteiger partial charge >= 0.3 is 0 Å². The first-order chi connectivity index (χ1) is 11.1. The van der Waals surface area contributed by atoms with E-state index in [2.05, 4.69) is 0 Å². The van der Waals surface area contributed by atoms with Crippen LogP contribution in [0.2, 0.25) is 10.0 Å². The SMILES string of the molecule is CN(C)C(=O)c1cc(N(C)S(=O)(=O)c2ccc(Cl)cc2)ccc1Cl. The molecule has 5 nitrogen and oxygen atoms in total. The van der Waals surface area contributed by atoms with Crippen LogP contribution >= 0.6 is 23.2 Å². The molecule has 0 aliphatic rings. The lowest BCUT2D eigenvalue weighted by atomic mass is 10.2. The number of anilines is 1. The summed E-state index contributed by atoms with van der Waals surface area (Å²) in [5.74, 6) is -0.306. The molecular formula is C16H16Cl2N2O3S. The van der Waals surface area contributed by atoms with Gasteiger partial charge in [0.15, 0.2) is 0 Å². The molecule has 24 heavy (non-hydrogen) atoms. The third kappa shape index (κ3) is 3.66. The van der Waals surface area contributed by atoms with E-state index in [0.717, 1.165) is 4.31 Å². The van der Waals surface area contributed by atoms with Gasteiger partial charge in [0, 0.05) is 26.2 Å². The highest BCUT2D eigenvalue weighted by atomic mass is 35.5. The lowest BCUT2D eigenvalue weighted by molar-refractivity contribution is 0.0828. The van der Waals surface area contributed by atoms with Crippen molar-refractivity contribution in [3.05, 3.63) is 58.1 Å². The topological polar surface area (TPSA) is 57.7 Å². The predicted octanol–water partition coefficient (Wildman–Crippen LogP) is 3.52. The van der Waals surface area contributed by atoms with Crippen molar-refractivity contribution >= 4 is 44.8 Å². The standard InChI is InChI=1S/C16H16Cl2N2O3S/c1-19(2)16(21)14-10-12(6-9-15(14)18)20(3)24(22,23)13-7-4-11(17)5-8-13/h4-10H,1-3H3. The highest BCUT2D eigenvalue weighted by Crippen LogP contribution is 2.27. The van der Waals surface area contributed by atoms with Crippen LogP contribution in [0.25, 0.3) is 0 Å². The van der Waals surface area contributed by atoms with E-state index in [4.69, 9.17) is 23.2 Å². The Morgan fingerprint density at radius 2 is 1.54 bits per heavy atom. The molecule has 0 unspecified atom stereocenters. The van der Waals surface area contributed by atoms with Gasteiger partial charge in [-0.2, -0.15) is 0 Å². The fraction of sp³-hybridized carbons (Fsp3) is 0.188. The largest absolute Gasteiger partial charge is 0.345 e. The number of rotatable bonds is 4. The van der Waals surface area contributed by atoms with Crippen LogP contribution in [0.3, 0.4) is 0 Å². The molecule has 0 fully saturated rings. The van der Waals surface area contributed by atoms with Gasteiger partial charge in [-0.05, 0) is 42.5 Å². The number of nitrogens with zero attached hydrogens (tertiary/aromatic N) is 2. The van der Waals surface area contributed by atoms with Gasteiger partial charge in [-0.1, -0.05) is 23.2 Å². The van der Waals surface area contributed by atoms with Gasteiger partial charge in [0.1, 0.15) is 0 Å². The molecule has 0 heterocycles. The molecule has 2 rings (SSSR count). The van der Waals surface area contributed by atoms with Gasteiger partial charge in [-0.3, -0.25) is 9.10 Å². The predicted molar refractivity (Wildman–Crippen MR) is 96.5 cm³/mol. The van der Waals surface area contributed by atoms with Gasteiger partial charge in [-0.25, -0.2) is 8.42 Å². The zero-order valence-corrected chi connectivity index (χ0v) is 15.7. The maximum Gasteiger partial charge on any atom is 0.264 e. The van der Waals surface area contributed by atoms with E-state index in [1.807, 2.05) is 0 Å². The van der Waals surface area contributed by atoms with Crippen LogP contribution in [-0.2, 0) is 10.0 Å². The molecule has 0 N–H and O–H groups in total. The fourth-order valence-electron chi connectivity index (χ4n) is 2.02. The number of amides is 1. The number of carbonyl (C=O) groups is 1. The zero-order valence-electron chi connectivity index (χ0n) is 13.3. The maximum atomic E-state index is 12.7. The minimum Gasteiger partial charge on any atom is -0.345 e. The number of carbonyl (C=O) groups excluding carboxylic acids is 1. The number of hydrogen-bond donors (Lipinski definition) is 0. The van der Waals surface area contributed by atoms with Gasteiger partial charge in [0.2, 0.25) is 0 Å². The van der Waals surface area contributed by atoms with Crippen molar-refractivity contribution in [2.24, 2.45) is 0 Å². The molecule has 0 bridgehead atoms. The summed E-state index contributed by atoms with van der Waals surface area (Å²) in [7, 11) is 0.830. The first-order valence-electron chi connectivity index (χ1n) is 6.90. The molecule has 0 aliphatic carbocycles. The van der Waals surface area contributed by atoms with Crippen LogP contribution in [0.4, 0.5) is 5.69 Å². The Labute approximate surface area is 151 Å². The molecule has 0 aromatic heterocycles. The second kappa shape index (κ2) is 7.01. The molecule has 0 radical (unpaired) electrons. The summed E-state index contributed by atoms with van der Waals surface area (Å²) in [4.78, 5) is 13.6. The Bertz CT molecular complexity index is 865. The number of sulfonamides is 1. The first kappa shape index (κ1) is 18.6. The Morgan fingerprint density at radius 1 is 0.958 bits per heavy atom. The molecule has 2 aromatic carbocycles. The van der Waals surface area contributed by atoms with E-state index in [1.54, 1.807) is 20.2 Å². The third-order valence-electron chi connectivity index (χ3n) is 3.42. The summed E-state index contributed by atoms with van der Waals surface area (Å²) >= 11 is 11.9. The van der Waals surface area contributed by atoms with Crippen molar-refractivity contribution in [3.63, 3.8) is 0 Å². The minimum atomic E-state index is -3.78. The first-order valence-corrected chi connectivity index (χ1v) is 9.10. The quantitative estimate of drug-likeness (QED) is 0.807. The lowest BCUT2D eigenvalue weighted by Gasteiger charge is -2.21. The van der Waals surface area contributed by atoms with Crippen molar-refractivity contribution < 1.29 is 13.2 Å². The van der Waals surface area contributed by atoms with Crippen molar-refractivity contribution in [1.82, 2.24) is 4.90 Å². The highest BCUT2D eigenvalue weighted by molar-refractivity contribution is 7.92. The van der Waals surface area contributed by atoms with Crippen LogP contribution < -0.4 is 4.31 Å². The van der Waals surface area contributed by atoms with Gasteiger partial charge in [0.05, 0.1) is 21.2 Å². The molecule has 128 valence electrons. The maximum absolute atomic E-state index is 12.7. The van der Waals surface area contributed by atoms with E-state index >= 15 is 0 Å². The van der Waals surface area contributed by atoms with E-state index in [9.17, 15) is 13.2 Å². The molecule has 0 saturated carbocycles. The zero-order chi connectivity index (χ0) is 18.1. The van der Waals surface area contributed by atoms with E-state index in [0.29, 0.717) is 10.7 Å². The molecule has 0 atom stereocenters. The highest BCUT2D eigenvalue weighted by Gasteiger charge is 2.23. The second-order valence-electron chi connectivity index (χ2n) is 5.29. The minimum absolute atomic E-state index is 0.102. The van der Waals surface area contributed by atoms with Crippen LogP contribution in [0.5, 0.6) is 0 Å². The van der Waals surface area contributed by atoms with Gasteiger partial charge < -0.3 is 4.90 Å². The van der Waals surface area contributed by atoms with Gasteiger partial charge in [0.25, 0.3) is 15.9 Å². The summed E-state index contributed by atoms with van der Waals surface area (Å²) in [6.07, 6.45) is 0. The molecule has 2 aromatic rings. The van der Waals surface area contributed by atoms with Crippen LogP contribution in [0.1, 0.15) is 10.4 Å². The normalized spacial score (nSPS) is 11.2. The molecule has 0 saturated heterocycles. The summed E-state index contributed by atoms with van der Waals surface area (Å²) in [5, 5.41) is 0.705. The average Bonchev–Trinajstić information content (AvgIpc) is 2.54. The molecule has 8 heteroatoms. The fourth-order valence-corrected chi connectivity index (χ4v) is 3.53. The summed E-state index contributed by atoms with van der Waals surface area (Å²) < 4.78 is 26.5. The number of benzene rings is 2. The Kier molecular flexibility index (Phi) is 5.42. The van der Waals surface area contributed by atoms with Crippen molar-refractivity contribution in [2.75, 3.05) is 25.4 Å². The summed E-state index contributed by atoms with van der Waals surface area (Å²) in [5.41, 5.74) is 0.567. The Morgan fingerprint density at radius 3 is 2.08 bits per heavy atom. The van der Waals surface area contributed by atoms with E-state index in [1.165, 1.54) is 48.3 Å². The lowest BCUT2D eigenvalue weighted by Crippen LogP contribution is -2.27. The number of hydrogen-bond acceptors (Lipinski definition) is 3. The van der Waals surface area contributed by atoms with Crippen LogP contribution in [0, 0.1) is 0 Å². The Hall–Kier alpha value is -1.76. The monoisotopic (exact) mass is 386 g/mol. The van der Waals surface area contributed by atoms with Crippen molar-refractivity contribution in [2.45, 2.75) is 4.90 Å². The molecule has 0 spiro atoms. The third-order valence-corrected chi connectivity index (χ3v) is 5.80. The summed E-state index contributed by atoms with van der Waals surface area (Å²) in [6.45, 7) is 0. The van der Waals surface area contributed by atoms with Crippen molar-refractivity contribution in [3.8, 4) is 0 Å². The van der Waals surface area contributed by atoms with E-state index in [-0.39, 0.29) is 21.4 Å². The van der Waals surface area contributed by atoms with Gasteiger partial charge in [-0.15, -0.1) is 0 Å². The second-order valence-corrected chi connectivity index (χ2v) is 8.10. The average molecular weight is 387 g/mol. The van der Waals surface area contributed by atoms with Crippen LogP contribution in [0.15, 0.2) is 47.4 Å². The van der Waals surface area contributed by atoms with Crippen molar-refractivity contribution in [1.29, 1.82) is 0 Å². The smallest absolute Gasteiger partial charge is 0.264 e. The molecule has 0 aliphatic heterocycles. The Balaban J connectivity index is 2.46.